The summed E-state index contributed by atoms with van der Waals surface area (Å²) >= 11 is 0. The number of carbonyl (C=O) groups excluding carboxylic acids is 2. The van der Waals surface area contributed by atoms with Crippen molar-refractivity contribution in [2.75, 3.05) is 10.8 Å². The zero-order chi connectivity index (χ0) is 30.6. The molecule has 1 aliphatic heterocycles. The second-order valence-corrected chi connectivity index (χ2v) is 19.6. The third-order valence-electron chi connectivity index (χ3n) is 6.09. The topological polar surface area (TPSA) is 125 Å². The minimum absolute atomic E-state index is 0.0899. The van der Waals surface area contributed by atoms with E-state index >= 15 is 0 Å². The summed E-state index contributed by atoms with van der Waals surface area (Å²) in [6.07, 6.45) is 1.26. The number of aliphatic hydroxyl groups excluding tert-OH is 1. The zero-order valence-electron chi connectivity index (χ0n) is 24.8. The van der Waals surface area contributed by atoms with Gasteiger partial charge in [-0.15, -0.1) is 0 Å². The Hall–Kier alpha value is -3.51. The Bertz CT molecular complexity index is 1380. The first-order chi connectivity index (χ1) is 19.0. The Morgan fingerprint density at radius 1 is 1.05 bits per heavy atom. The van der Waals surface area contributed by atoms with E-state index in [-0.39, 0.29) is 42.8 Å². The van der Waals surface area contributed by atoms with Crippen LogP contribution in [-0.2, 0) is 37.6 Å². The van der Waals surface area contributed by atoms with Gasteiger partial charge in [-0.2, -0.15) is 8.42 Å². The van der Waals surface area contributed by atoms with E-state index in [1.165, 1.54) is 13.1 Å². The number of hydrogen-bond donors (Lipinski definition) is 2. The molecule has 2 aromatic rings. The van der Waals surface area contributed by atoms with E-state index in [0.29, 0.717) is 11.6 Å². The average molecular weight is 604 g/mol. The highest BCUT2D eigenvalue weighted by molar-refractivity contribution is 7.91. The smallest absolute Gasteiger partial charge is 0.332 e. The van der Waals surface area contributed by atoms with Crippen LogP contribution < -0.4 is 14.4 Å². The molecule has 1 heterocycles. The fourth-order valence-electron chi connectivity index (χ4n) is 4.09. The van der Waals surface area contributed by atoms with Gasteiger partial charge in [0.2, 0.25) is 11.8 Å². The molecule has 0 aromatic heterocycles. The molecule has 0 saturated heterocycles. The second-order valence-electron chi connectivity index (χ2n) is 12.2. The number of aliphatic hydroxyl groups is 1. The van der Waals surface area contributed by atoms with Crippen molar-refractivity contribution in [1.82, 2.24) is 9.62 Å². The standard InChI is InChI=1S/C29H41N3O7SSi/c1-21(33)30-24(28(35)39-29(2,3)4)17-23-13-14-25(26(18-23)38-20-22-11-9-8-10-12-22)32-19-27(34)31(40(32,36)37)15-16-41(5,6)7/h8-14,18-19,24,34H,15-17,20H2,1-7H3,(H,30,33). The number of esters is 1. The summed E-state index contributed by atoms with van der Waals surface area (Å²) < 4.78 is 40.7. The van der Waals surface area contributed by atoms with Gasteiger partial charge in [-0.05, 0) is 50.1 Å². The maximum atomic E-state index is 13.5. The number of hydrogen-bond acceptors (Lipinski definition) is 7. The summed E-state index contributed by atoms with van der Waals surface area (Å²) in [7, 11) is -5.70. The van der Waals surface area contributed by atoms with Crippen molar-refractivity contribution in [3.63, 3.8) is 0 Å². The van der Waals surface area contributed by atoms with Crippen LogP contribution >= 0.6 is 0 Å². The summed E-state index contributed by atoms with van der Waals surface area (Å²) in [5.41, 5.74) is 0.941. The first-order valence-electron chi connectivity index (χ1n) is 13.5. The predicted molar refractivity (Wildman–Crippen MR) is 161 cm³/mol. The lowest BCUT2D eigenvalue weighted by Gasteiger charge is -2.26. The molecular formula is C29H41N3O7SSi. The number of nitrogens with zero attached hydrogens (tertiary/aromatic N) is 2. The molecule has 10 nitrogen and oxygen atoms in total. The molecule has 1 amide bonds. The van der Waals surface area contributed by atoms with Crippen LogP contribution in [0.25, 0.3) is 0 Å². The van der Waals surface area contributed by atoms with Crippen LogP contribution in [-0.4, -0.2) is 56.0 Å². The molecule has 0 aliphatic carbocycles. The van der Waals surface area contributed by atoms with Crippen LogP contribution in [0.3, 0.4) is 0 Å². The van der Waals surface area contributed by atoms with E-state index in [2.05, 4.69) is 25.0 Å². The number of amides is 1. The third-order valence-corrected chi connectivity index (χ3v) is 9.54. The van der Waals surface area contributed by atoms with Crippen molar-refractivity contribution in [2.45, 2.75) is 78.1 Å². The lowest BCUT2D eigenvalue weighted by molar-refractivity contribution is -0.158. The van der Waals surface area contributed by atoms with Crippen molar-refractivity contribution < 1.29 is 32.6 Å². The van der Waals surface area contributed by atoms with Gasteiger partial charge in [-0.25, -0.2) is 13.4 Å². The Morgan fingerprint density at radius 2 is 1.71 bits per heavy atom. The van der Waals surface area contributed by atoms with Gasteiger partial charge in [-0.3, -0.25) is 4.79 Å². The minimum atomic E-state index is -4.11. The van der Waals surface area contributed by atoms with E-state index in [1.54, 1.807) is 39.0 Å². The lowest BCUT2D eigenvalue weighted by atomic mass is 10.0. The van der Waals surface area contributed by atoms with Crippen molar-refractivity contribution in [1.29, 1.82) is 0 Å². The predicted octanol–water partition coefficient (Wildman–Crippen LogP) is 4.72. The largest absolute Gasteiger partial charge is 0.493 e. The summed E-state index contributed by atoms with van der Waals surface area (Å²) in [6.45, 7) is 13.3. The van der Waals surface area contributed by atoms with Crippen molar-refractivity contribution in [2.24, 2.45) is 0 Å². The van der Waals surface area contributed by atoms with Crippen molar-refractivity contribution in [3.8, 4) is 5.75 Å². The SMILES string of the molecule is CC(=O)NC(Cc1ccc(N2C=C(O)N(CC[Si](C)(C)C)S2(=O)=O)c(OCc2ccccc2)c1)C(=O)OC(C)(C)C. The third kappa shape index (κ3) is 8.99. The fourth-order valence-corrected chi connectivity index (χ4v) is 6.59. The molecule has 3 rings (SSSR count). The first-order valence-corrected chi connectivity index (χ1v) is 18.6. The van der Waals surface area contributed by atoms with Gasteiger partial charge < -0.3 is 19.9 Å². The quantitative estimate of drug-likeness (QED) is 0.281. The van der Waals surface area contributed by atoms with Crippen LogP contribution in [0, 0.1) is 0 Å². The zero-order valence-corrected chi connectivity index (χ0v) is 26.6. The Kier molecular flexibility index (Phi) is 9.80. The number of benzene rings is 2. The molecule has 1 atom stereocenters. The van der Waals surface area contributed by atoms with Crippen LogP contribution in [0.4, 0.5) is 5.69 Å². The van der Waals surface area contributed by atoms with Crippen LogP contribution in [0.1, 0.15) is 38.8 Å². The normalized spacial score (nSPS) is 15.7. The number of rotatable bonds is 11. The Balaban J connectivity index is 1.97. The molecule has 0 fully saturated rings. The molecule has 2 aromatic carbocycles. The van der Waals surface area contributed by atoms with Crippen molar-refractivity contribution in [3.05, 3.63) is 71.7 Å². The van der Waals surface area contributed by atoms with E-state index < -0.39 is 35.9 Å². The van der Waals surface area contributed by atoms with Gasteiger partial charge in [0.25, 0.3) is 0 Å². The van der Waals surface area contributed by atoms with Gasteiger partial charge >= 0.3 is 16.2 Å². The number of nitrogens with one attached hydrogen (secondary N) is 1. The minimum Gasteiger partial charge on any atom is -0.493 e. The van der Waals surface area contributed by atoms with E-state index in [4.69, 9.17) is 9.47 Å². The van der Waals surface area contributed by atoms with Gasteiger partial charge in [0.15, 0.2) is 0 Å². The fraction of sp³-hybridized carbons (Fsp3) is 0.448. The molecule has 2 N–H and O–H groups in total. The van der Waals surface area contributed by atoms with Crippen LogP contribution in [0.5, 0.6) is 5.75 Å². The first kappa shape index (κ1) is 32.0. The molecule has 1 aliphatic rings. The molecule has 0 bridgehead atoms. The molecule has 41 heavy (non-hydrogen) atoms. The van der Waals surface area contributed by atoms with Gasteiger partial charge in [0.1, 0.15) is 29.7 Å². The summed E-state index contributed by atoms with van der Waals surface area (Å²) in [6, 6.07) is 14.0. The lowest BCUT2D eigenvalue weighted by Crippen LogP contribution is -2.44. The molecule has 12 heteroatoms. The molecule has 0 radical (unpaired) electrons. The van der Waals surface area contributed by atoms with E-state index in [1.807, 2.05) is 30.3 Å². The highest BCUT2D eigenvalue weighted by atomic mass is 32.2. The molecule has 1 unspecified atom stereocenters. The summed E-state index contributed by atoms with van der Waals surface area (Å²) in [4.78, 5) is 24.7. The maximum Gasteiger partial charge on any atom is 0.332 e. The van der Waals surface area contributed by atoms with Crippen molar-refractivity contribution >= 4 is 35.8 Å². The Morgan fingerprint density at radius 3 is 2.29 bits per heavy atom. The Labute approximate surface area is 244 Å². The van der Waals surface area contributed by atoms with Crippen LogP contribution in [0.15, 0.2) is 60.6 Å². The molecular weight excluding hydrogens is 562 g/mol. The number of ether oxygens (including phenoxy) is 2. The van der Waals surface area contributed by atoms with Gasteiger partial charge in [0, 0.05) is 28.0 Å². The molecule has 0 spiro atoms. The maximum absolute atomic E-state index is 13.5. The second kappa shape index (κ2) is 12.6. The molecule has 224 valence electrons. The van der Waals surface area contributed by atoms with Gasteiger partial charge in [-0.1, -0.05) is 56.0 Å². The number of carbonyl (C=O) groups is 2. The highest BCUT2D eigenvalue weighted by Crippen LogP contribution is 2.38. The molecule has 0 saturated carbocycles. The van der Waals surface area contributed by atoms with E-state index in [9.17, 15) is 23.1 Å². The highest BCUT2D eigenvalue weighted by Gasteiger charge is 2.39. The summed E-state index contributed by atoms with van der Waals surface area (Å²) in [5.74, 6) is -1.11. The van der Waals surface area contributed by atoms with Gasteiger partial charge in [0.05, 0.1) is 6.20 Å². The average Bonchev–Trinajstić information content (AvgIpc) is 3.07. The van der Waals surface area contributed by atoms with Crippen LogP contribution in [0.2, 0.25) is 25.7 Å². The number of anilines is 1. The monoisotopic (exact) mass is 603 g/mol. The van der Waals surface area contributed by atoms with E-state index in [0.717, 1.165) is 14.2 Å². The summed E-state index contributed by atoms with van der Waals surface area (Å²) in [5, 5.41) is 13.3.